The van der Waals surface area contributed by atoms with E-state index in [2.05, 4.69) is 10.6 Å². The second-order valence-corrected chi connectivity index (χ2v) is 5.39. The van der Waals surface area contributed by atoms with Crippen LogP contribution in [0.15, 0.2) is 18.2 Å². The van der Waals surface area contributed by atoms with Crippen LogP contribution in [-0.4, -0.2) is 31.1 Å². The van der Waals surface area contributed by atoms with Gasteiger partial charge in [0.15, 0.2) is 0 Å². The smallest absolute Gasteiger partial charge is 0.338 e. The lowest BCUT2D eigenvalue weighted by Crippen LogP contribution is -2.50. The first kappa shape index (κ1) is 15.5. The number of hydrogen-bond donors (Lipinski definition) is 2. The van der Waals surface area contributed by atoms with Crippen molar-refractivity contribution in [2.24, 2.45) is 0 Å². The minimum Gasteiger partial charge on any atom is -0.465 e. The number of carbonyl (C=O) groups excluding carboxylic acids is 2. The highest BCUT2D eigenvalue weighted by Crippen LogP contribution is 2.26. The van der Waals surface area contributed by atoms with E-state index in [1.165, 1.54) is 7.11 Å². The molecule has 0 radical (unpaired) electrons. The normalized spacial score (nSPS) is 21.1. The molecule has 2 N–H and O–H groups in total. The first-order valence-corrected chi connectivity index (χ1v) is 7.28. The van der Waals surface area contributed by atoms with Crippen molar-refractivity contribution in [1.82, 2.24) is 5.32 Å². The summed E-state index contributed by atoms with van der Waals surface area (Å²) in [6.45, 7) is 4.68. The Hall–Kier alpha value is -1.88. The quantitative estimate of drug-likeness (QED) is 0.835. The zero-order valence-corrected chi connectivity index (χ0v) is 12.8. The molecular formula is C16H22N2O3. The monoisotopic (exact) mass is 290 g/mol. The topological polar surface area (TPSA) is 67.4 Å². The van der Waals surface area contributed by atoms with Crippen LogP contribution in [0.2, 0.25) is 0 Å². The molecule has 1 aliphatic rings. The van der Waals surface area contributed by atoms with E-state index in [0.717, 1.165) is 31.4 Å². The SMILES string of the molecule is CCC1(C(=O)Nc2cccc(C(=O)OC)c2C)CCCN1. The third-order valence-corrected chi connectivity index (χ3v) is 4.27. The zero-order chi connectivity index (χ0) is 15.5. The second-order valence-electron chi connectivity index (χ2n) is 5.39. The first-order valence-electron chi connectivity index (χ1n) is 7.28. The predicted molar refractivity (Wildman–Crippen MR) is 81.4 cm³/mol. The Morgan fingerprint density at radius 2 is 2.19 bits per heavy atom. The van der Waals surface area contributed by atoms with Gasteiger partial charge in [-0.1, -0.05) is 13.0 Å². The summed E-state index contributed by atoms with van der Waals surface area (Å²) < 4.78 is 4.75. The minimum atomic E-state index is -0.492. The average Bonchev–Trinajstić information content (AvgIpc) is 2.98. The maximum absolute atomic E-state index is 12.6. The number of rotatable bonds is 4. The molecule has 0 saturated carbocycles. The molecule has 1 aromatic carbocycles. The van der Waals surface area contributed by atoms with Crippen LogP contribution in [0.3, 0.4) is 0 Å². The molecule has 1 unspecified atom stereocenters. The van der Waals surface area contributed by atoms with Gasteiger partial charge in [0.05, 0.1) is 18.2 Å². The van der Waals surface area contributed by atoms with E-state index in [0.29, 0.717) is 11.3 Å². The average molecular weight is 290 g/mol. The first-order chi connectivity index (χ1) is 10.0. The van der Waals surface area contributed by atoms with Gasteiger partial charge in [0, 0.05) is 5.69 Å². The van der Waals surface area contributed by atoms with E-state index in [1.54, 1.807) is 18.2 Å². The molecule has 1 saturated heterocycles. The van der Waals surface area contributed by atoms with Gasteiger partial charge in [-0.05, 0) is 50.4 Å². The molecular weight excluding hydrogens is 268 g/mol. The van der Waals surface area contributed by atoms with Gasteiger partial charge in [0.2, 0.25) is 5.91 Å². The molecule has 1 aliphatic heterocycles. The standard InChI is InChI=1S/C16H22N2O3/c1-4-16(9-6-10-17-16)15(20)18-13-8-5-7-12(11(13)2)14(19)21-3/h5,7-8,17H,4,6,9-10H2,1-3H3,(H,18,20). The van der Waals surface area contributed by atoms with Gasteiger partial charge in [-0.15, -0.1) is 0 Å². The van der Waals surface area contributed by atoms with E-state index in [-0.39, 0.29) is 5.91 Å². The van der Waals surface area contributed by atoms with Crippen molar-refractivity contribution < 1.29 is 14.3 Å². The van der Waals surface area contributed by atoms with Gasteiger partial charge >= 0.3 is 5.97 Å². The van der Waals surface area contributed by atoms with Crippen molar-refractivity contribution in [1.29, 1.82) is 0 Å². The lowest BCUT2D eigenvalue weighted by atomic mass is 9.92. The maximum Gasteiger partial charge on any atom is 0.338 e. The molecule has 1 amide bonds. The van der Waals surface area contributed by atoms with Crippen LogP contribution in [-0.2, 0) is 9.53 Å². The molecule has 1 atom stereocenters. The van der Waals surface area contributed by atoms with Crippen LogP contribution >= 0.6 is 0 Å². The molecule has 1 fully saturated rings. The van der Waals surface area contributed by atoms with Gasteiger partial charge < -0.3 is 15.4 Å². The second kappa shape index (κ2) is 6.26. The lowest BCUT2D eigenvalue weighted by Gasteiger charge is -2.27. The van der Waals surface area contributed by atoms with Crippen LogP contribution in [0, 0.1) is 6.92 Å². The summed E-state index contributed by atoms with van der Waals surface area (Å²) in [5, 5.41) is 6.26. The van der Waals surface area contributed by atoms with Crippen molar-refractivity contribution in [3.8, 4) is 0 Å². The van der Waals surface area contributed by atoms with Gasteiger partial charge in [-0.2, -0.15) is 0 Å². The number of nitrogens with one attached hydrogen (secondary N) is 2. The summed E-state index contributed by atoms with van der Waals surface area (Å²) in [7, 11) is 1.35. The Morgan fingerprint density at radius 3 is 2.76 bits per heavy atom. The number of hydrogen-bond acceptors (Lipinski definition) is 4. The number of methoxy groups -OCH3 is 1. The van der Waals surface area contributed by atoms with E-state index in [1.807, 2.05) is 13.8 Å². The van der Waals surface area contributed by atoms with Crippen LogP contribution < -0.4 is 10.6 Å². The fourth-order valence-corrected chi connectivity index (χ4v) is 2.81. The fourth-order valence-electron chi connectivity index (χ4n) is 2.81. The number of esters is 1. The minimum absolute atomic E-state index is 0.0346. The molecule has 2 rings (SSSR count). The molecule has 1 aromatic rings. The summed E-state index contributed by atoms with van der Waals surface area (Å²) in [6.07, 6.45) is 2.59. The van der Waals surface area contributed by atoms with E-state index in [4.69, 9.17) is 4.74 Å². The highest BCUT2D eigenvalue weighted by molar-refractivity contribution is 6.00. The Labute approximate surface area is 125 Å². The molecule has 0 aromatic heterocycles. The predicted octanol–water partition coefficient (Wildman–Crippen LogP) is 2.25. The Kier molecular flexibility index (Phi) is 4.63. The van der Waals surface area contributed by atoms with Gasteiger partial charge in [0.1, 0.15) is 0 Å². The number of anilines is 1. The van der Waals surface area contributed by atoms with Crippen molar-refractivity contribution in [2.75, 3.05) is 19.0 Å². The highest BCUT2D eigenvalue weighted by atomic mass is 16.5. The molecule has 5 nitrogen and oxygen atoms in total. The summed E-state index contributed by atoms with van der Waals surface area (Å²) in [5.74, 6) is -0.430. The van der Waals surface area contributed by atoms with Gasteiger partial charge in [0.25, 0.3) is 0 Å². The summed E-state index contributed by atoms with van der Waals surface area (Å²) in [4.78, 5) is 24.3. The van der Waals surface area contributed by atoms with Crippen molar-refractivity contribution in [2.45, 2.75) is 38.6 Å². The number of amides is 1. The van der Waals surface area contributed by atoms with Gasteiger partial charge in [-0.3, -0.25) is 4.79 Å². The largest absolute Gasteiger partial charge is 0.465 e. The van der Waals surface area contributed by atoms with E-state index in [9.17, 15) is 9.59 Å². The molecule has 0 spiro atoms. The Morgan fingerprint density at radius 1 is 1.43 bits per heavy atom. The van der Waals surface area contributed by atoms with Crippen LogP contribution in [0.1, 0.15) is 42.1 Å². The van der Waals surface area contributed by atoms with Gasteiger partial charge in [-0.25, -0.2) is 4.79 Å². The highest BCUT2D eigenvalue weighted by Gasteiger charge is 2.39. The van der Waals surface area contributed by atoms with Crippen LogP contribution in [0.5, 0.6) is 0 Å². The molecule has 0 aliphatic carbocycles. The van der Waals surface area contributed by atoms with E-state index >= 15 is 0 Å². The summed E-state index contributed by atoms with van der Waals surface area (Å²) in [6, 6.07) is 5.24. The zero-order valence-electron chi connectivity index (χ0n) is 12.8. The summed E-state index contributed by atoms with van der Waals surface area (Å²) in [5.41, 5.74) is 1.36. The number of carbonyl (C=O) groups is 2. The fraction of sp³-hybridized carbons (Fsp3) is 0.500. The number of benzene rings is 1. The maximum atomic E-state index is 12.6. The molecule has 0 bridgehead atoms. The van der Waals surface area contributed by atoms with E-state index < -0.39 is 11.5 Å². The van der Waals surface area contributed by atoms with Crippen LogP contribution in [0.4, 0.5) is 5.69 Å². The Balaban J connectivity index is 2.23. The van der Waals surface area contributed by atoms with Crippen molar-refractivity contribution >= 4 is 17.6 Å². The summed E-state index contributed by atoms with van der Waals surface area (Å²) >= 11 is 0. The molecule has 114 valence electrons. The number of ether oxygens (including phenoxy) is 1. The molecule has 21 heavy (non-hydrogen) atoms. The lowest BCUT2D eigenvalue weighted by molar-refractivity contribution is -0.122. The Bertz CT molecular complexity index is 548. The van der Waals surface area contributed by atoms with Crippen molar-refractivity contribution in [3.63, 3.8) is 0 Å². The molecule has 1 heterocycles. The third-order valence-electron chi connectivity index (χ3n) is 4.27. The van der Waals surface area contributed by atoms with Crippen molar-refractivity contribution in [3.05, 3.63) is 29.3 Å². The van der Waals surface area contributed by atoms with Crippen LogP contribution in [0.25, 0.3) is 0 Å². The third kappa shape index (κ3) is 2.93. The molecule has 5 heteroatoms.